The topological polar surface area (TPSA) is 62.6 Å². The van der Waals surface area contributed by atoms with E-state index in [1.807, 2.05) is 38.1 Å². The van der Waals surface area contributed by atoms with Gasteiger partial charge in [0.2, 0.25) is 5.91 Å². The van der Waals surface area contributed by atoms with E-state index >= 15 is 0 Å². The molecule has 0 aliphatic carbocycles. The van der Waals surface area contributed by atoms with Gasteiger partial charge in [-0.3, -0.25) is 19.3 Å². The van der Waals surface area contributed by atoms with Gasteiger partial charge in [0.25, 0.3) is 11.1 Å². The highest BCUT2D eigenvalue weighted by Gasteiger charge is 2.37. The predicted octanol–water partition coefficient (Wildman–Crippen LogP) is 5.28. The molecule has 0 bridgehead atoms. The zero-order chi connectivity index (χ0) is 25.4. The second kappa shape index (κ2) is 9.82. The van der Waals surface area contributed by atoms with Crippen LogP contribution < -0.4 is 0 Å². The lowest BCUT2D eigenvalue weighted by atomic mass is 10.00. The fraction of sp³-hybridized carbons (Fsp3) is 0.276. The van der Waals surface area contributed by atoms with Crippen molar-refractivity contribution in [2.45, 2.75) is 40.2 Å². The highest BCUT2D eigenvalue weighted by Crippen LogP contribution is 2.34. The Hall–Kier alpha value is -3.58. The summed E-state index contributed by atoms with van der Waals surface area (Å²) in [5, 5.41) is -0.402. The van der Waals surface area contributed by atoms with Crippen LogP contribution >= 0.6 is 11.8 Å². The summed E-state index contributed by atoms with van der Waals surface area (Å²) >= 11 is 0.897. The summed E-state index contributed by atoms with van der Waals surface area (Å²) in [7, 11) is 0. The number of hydrogen-bond acceptors (Lipinski definition) is 4. The molecule has 6 nitrogen and oxygen atoms in total. The summed E-state index contributed by atoms with van der Waals surface area (Å²) in [6.45, 7) is 7.03. The smallest absolute Gasteiger partial charge is 0.294 e. The van der Waals surface area contributed by atoms with E-state index in [0.29, 0.717) is 18.0 Å². The van der Waals surface area contributed by atoms with Crippen molar-refractivity contribution >= 4 is 34.9 Å². The van der Waals surface area contributed by atoms with Crippen LogP contribution in [0.25, 0.3) is 11.8 Å². The van der Waals surface area contributed by atoms with E-state index in [1.54, 1.807) is 11.0 Å². The average molecular weight is 500 g/mol. The maximum Gasteiger partial charge on any atom is 0.294 e. The Bertz CT molecular complexity index is 1390. The first-order chi connectivity index (χ1) is 17.4. The number of rotatable bonds is 5. The molecule has 2 aliphatic rings. The van der Waals surface area contributed by atoms with Crippen LogP contribution in [0.1, 0.15) is 40.6 Å². The second-order valence-electron chi connectivity index (χ2n) is 9.28. The minimum absolute atomic E-state index is 0.207. The Balaban J connectivity index is 1.32. The van der Waals surface area contributed by atoms with Crippen LogP contribution in [-0.4, -0.2) is 44.5 Å². The van der Waals surface area contributed by atoms with Gasteiger partial charge in [0, 0.05) is 30.2 Å². The molecule has 0 spiro atoms. The summed E-state index contributed by atoms with van der Waals surface area (Å²) < 4.78 is 2.15. The number of imide groups is 1. The molecule has 36 heavy (non-hydrogen) atoms. The molecule has 7 heteroatoms. The molecule has 1 aromatic heterocycles. The van der Waals surface area contributed by atoms with E-state index in [2.05, 4.69) is 41.8 Å². The number of aromatic nitrogens is 1. The van der Waals surface area contributed by atoms with Gasteiger partial charge >= 0.3 is 0 Å². The first kappa shape index (κ1) is 24.1. The van der Waals surface area contributed by atoms with Crippen LogP contribution in [0.2, 0.25) is 0 Å². The maximum atomic E-state index is 13.1. The highest BCUT2D eigenvalue weighted by atomic mass is 32.2. The number of benzene rings is 2. The zero-order valence-corrected chi connectivity index (χ0v) is 21.6. The van der Waals surface area contributed by atoms with Crippen molar-refractivity contribution in [2.75, 3.05) is 13.1 Å². The van der Waals surface area contributed by atoms with Crippen molar-refractivity contribution in [3.63, 3.8) is 0 Å². The number of nitrogens with zero attached hydrogens (tertiary/aromatic N) is 3. The Morgan fingerprint density at radius 2 is 1.75 bits per heavy atom. The minimum Gasteiger partial charge on any atom is -0.336 e. The molecule has 1 saturated heterocycles. The van der Waals surface area contributed by atoms with Crippen molar-refractivity contribution in [3.8, 4) is 5.69 Å². The van der Waals surface area contributed by atoms with Crippen LogP contribution in [0.3, 0.4) is 0 Å². The Morgan fingerprint density at radius 1 is 1.03 bits per heavy atom. The number of carbonyl (C=O) groups is 3. The monoisotopic (exact) mass is 499 g/mol. The third kappa shape index (κ3) is 4.51. The molecule has 0 N–H and O–H groups in total. The highest BCUT2D eigenvalue weighted by molar-refractivity contribution is 8.18. The number of hydrogen-bond donors (Lipinski definition) is 0. The van der Waals surface area contributed by atoms with Crippen molar-refractivity contribution in [1.29, 1.82) is 0 Å². The molecule has 0 unspecified atom stereocenters. The third-order valence-corrected chi connectivity index (χ3v) is 7.92. The van der Waals surface area contributed by atoms with Gasteiger partial charge in [-0.2, -0.15) is 0 Å². The molecule has 2 aromatic carbocycles. The van der Waals surface area contributed by atoms with E-state index in [0.717, 1.165) is 57.7 Å². The summed E-state index contributed by atoms with van der Waals surface area (Å²) in [6.07, 6.45) is 3.53. The first-order valence-electron chi connectivity index (χ1n) is 12.2. The van der Waals surface area contributed by atoms with Crippen molar-refractivity contribution in [2.24, 2.45) is 0 Å². The number of aryl methyl sites for hydroxylation is 2. The maximum absolute atomic E-state index is 13.1. The molecule has 3 heterocycles. The normalized spacial score (nSPS) is 16.7. The van der Waals surface area contributed by atoms with Crippen molar-refractivity contribution < 1.29 is 14.4 Å². The molecule has 0 radical (unpaired) electrons. The van der Waals surface area contributed by atoms with E-state index in [4.69, 9.17) is 0 Å². The molecular formula is C29H29N3O3S. The lowest BCUT2D eigenvalue weighted by molar-refractivity contribution is -0.136. The average Bonchev–Trinajstić information content (AvgIpc) is 3.32. The summed E-state index contributed by atoms with van der Waals surface area (Å²) in [5.74, 6) is -0.616. The number of fused-ring (bicyclic) bond motifs is 1. The summed E-state index contributed by atoms with van der Waals surface area (Å²) in [6, 6.07) is 18.5. The fourth-order valence-electron chi connectivity index (χ4n) is 4.93. The van der Waals surface area contributed by atoms with Gasteiger partial charge in [0.15, 0.2) is 0 Å². The number of amides is 3. The second-order valence-corrected chi connectivity index (χ2v) is 10.3. The van der Waals surface area contributed by atoms with Gasteiger partial charge < -0.3 is 9.47 Å². The van der Waals surface area contributed by atoms with Gasteiger partial charge in [0.05, 0.1) is 4.91 Å². The first-order valence-corrected chi connectivity index (χ1v) is 13.1. The van der Waals surface area contributed by atoms with Gasteiger partial charge in [-0.25, -0.2) is 0 Å². The Kier molecular flexibility index (Phi) is 6.58. The minimum atomic E-state index is -0.409. The summed E-state index contributed by atoms with van der Waals surface area (Å²) in [4.78, 5) is 41.9. The van der Waals surface area contributed by atoms with E-state index in [1.165, 1.54) is 11.1 Å². The van der Waals surface area contributed by atoms with Crippen LogP contribution in [0.4, 0.5) is 4.79 Å². The Morgan fingerprint density at radius 3 is 2.47 bits per heavy atom. The van der Waals surface area contributed by atoms with Gasteiger partial charge in [-0.15, -0.1) is 0 Å². The SMILES string of the molecule is CCc1ccc(-n2c(C)cc(C=C3SC(=O)N(CC(=O)N4CCc5ccccc5C4)C3=O)c2C)cc1. The third-order valence-electron chi connectivity index (χ3n) is 7.01. The van der Waals surface area contributed by atoms with Crippen molar-refractivity contribution in [3.05, 3.63) is 93.1 Å². The quantitative estimate of drug-likeness (QED) is 0.448. The van der Waals surface area contributed by atoms with Crippen LogP contribution in [-0.2, 0) is 29.0 Å². The molecule has 5 rings (SSSR count). The lowest BCUT2D eigenvalue weighted by Crippen LogP contribution is -2.44. The molecule has 3 amide bonds. The fourth-order valence-corrected chi connectivity index (χ4v) is 5.76. The number of carbonyl (C=O) groups excluding carboxylic acids is 3. The molecule has 184 valence electrons. The number of thioether (sulfide) groups is 1. The van der Waals surface area contributed by atoms with Gasteiger partial charge in [-0.1, -0.05) is 43.3 Å². The van der Waals surface area contributed by atoms with Gasteiger partial charge in [0.1, 0.15) is 6.54 Å². The summed E-state index contributed by atoms with van der Waals surface area (Å²) in [5.41, 5.74) is 7.62. The zero-order valence-electron chi connectivity index (χ0n) is 20.8. The molecule has 3 aromatic rings. The Labute approximate surface area is 215 Å². The standard InChI is InChI=1S/C29H29N3O3S/c1-4-21-9-11-25(12-10-21)32-19(2)15-24(20(32)3)16-26-28(34)31(29(35)36-26)18-27(33)30-14-13-22-7-5-6-8-23(22)17-30/h5-12,15-16H,4,13-14,17-18H2,1-3H3. The largest absolute Gasteiger partial charge is 0.336 e. The van der Waals surface area contributed by atoms with Crippen molar-refractivity contribution in [1.82, 2.24) is 14.4 Å². The molecule has 1 fully saturated rings. The van der Waals surface area contributed by atoms with Gasteiger partial charge in [-0.05, 0) is 85.0 Å². The molecular weight excluding hydrogens is 470 g/mol. The molecule has 0 saturated carbocycles. The van der Waals surface area contributed by atoms with E-state index in [9.17, 15) is 14.4 Å². The van der Waals surface area contributed by atoms with E-state index in [-0.39, 0.29) is 12.5 Å². The van der Waals surface area contributed by atoms with Crippen LogP contribution in [0, 0.1) is 13.8 Å². The van der Waals surface area contributed by atoms with Crippen LogP contribution in [0.15, 0.2) is 59.5 Å². The molecule has 2 aliphatic heterocycles. The lowest BCUT2D eigenvalue weighted by Gasteiger charge is -2.29. The van der Waals surface area contributed by atoms with Crippen LogP contribution in [0.5, 0.6) is 0 Å². The molecule has 0 atom stereocenters. The predicted molar refractivity (Wildman–Crippen MR) is 143 cm³/mol. The van der Waals surface area contributed by atoms with E-state index < -0.39 is 11.1 Å².